The minimum Gasteiger partial charge on any atom is -0.352 e. The summed E-state index contributed by atoms with van der Waals surface area (Å²) in [5.74, 6) is 0.540. The topological polar surface area (TPSA) is 73.5 Å². The zero-order valence-electron chi connectivity index (χ0n) is 13.3. The Bertz CT molecular complexity index is 541. The van der Waals surface area contributed by atoms with Crippen LogP contribution in [0.4, 0.5) is 10.5 Å². The molecular formula is C16H24N4O2. The number of amides is 3. The first kappa shape index (κ1) is 16.3. The molecule has 0 saturated carbocycles. The molecule has 6 nitrogen and oxygen atoms in total. The highest BCUT2D eigenvalue weighted by Crippen LogP contribution is 2.16. The second kappa shape index (κ2) is 7.26. The van der Waals surface area contributed by atoms with E-state index in [0.29, 0.717) is 12.5 Å². The maximum Gasteiger partial charge on any atom is 0.321 e. The molecule has 3 N–H and O–H groups in total. The summed E-state index contributed by atoms with van der Waals surface area (Å²) in [7, 11) is 3.38. The zero-order valence-corrected chi connectivity index (χ0v) is 13.3. The lowest BCUT2D eigenvalue weighted by atomic mass is 9.88. The summed E-state index contributed by atoms with van der Waals surface area (Å²) >= 11 is 0. The summed E-state index contributed by atoms with van der Waals surface area (Å²) < 4.78 is 0. The molecule has 1 heterocycles. The number of nitrogens with zero attached hydrogens (tertiary/aromatic N) is 1. The third kappa shape index (κ3) is 4.21. The number of carbonyl (C=O) groups excluding carboxylic acids is 2. The Morgan fingerprint density at radius 1 is 1.36 bits per heavy atom. The number of hydrogen-bond donors (Lipinski definition) is 3. The fraction of sp³-hybridized carbons (Fsp3) is 0.500. The van der Waals surface area contributed by atoms with Gasteiger partial charge in [0, 0.05) is 32.2 Å². The van der Waals surface area contributed by atoms with Gasteiger partial charge in [0.15, 0.2) is 0 Å². The zero-order chi connectivity index (χ0) is 16.1. The molecule has 0 aliphatic carbocycles. The molecule has 1 fully saturated rings. The Hall–Kier alpha value is -2.08. The molecule has 0 spiro atoms. The van der Waals surface area contributed by atoms with Crippen molar-refractivity contribution in [1.29, 1.82) is 0 Å². The van der Waals surface area contributed by atoms with E-state index in [9.17, 15) is 9.59 Å². The Morgan fingerprint density at radius 3 is 2.68 bits per heavy atom. The lowest BCUT2D eigenvalue weighted by molar-refractivity contribution is -0.126. The van der Waals surface area contributed by atoms with Gasteiger partial charge in [-0.3, -0.25) is 4.79 Å². The minimum atomic E-state index is -0.174. The first-order valence-corrected chi connectivity index (χ1v) is 7.53. The van der Waals surface area contributed by atoms with E-state index in [4.69, 9.17) is 0 Å². The quantitative estimate of drug-likeness (QED) is 0.766. The van der Waals surface area contributed by atoms with Crippen molar-refractivity contribution in [2.24, 2.45) is 11.8 Å². The molecule has 1 aliphatic heterocycles. The van der Waals surface area contributed by atoms with E-state index in [2.05, 4.69) is 16.0 Å². The largest absolute Gasteiger partial charge is 0.352 e. The predicted octanol–water partition coefficient (Wildman–Crippen LogP) is 1.25. The number of nitrogens with one attached hydrogen (secondary N) is 3. The van der Waals surface area contributed by atoms with Gasteiger partial charge >= 0.3 is 6.03 Å². The van der Waals surface area contributed by atoms with Crippen LogP contribution in [-0.4, -0.2) is 44.0 Å². The average molecular weight is 304 g/mol. The van der Waals surface area contributed by atoms with Gasteiger partial charge in [-0.1, -0.05) is 19.1 Å². The van der Waals surface area contributed by atoms with Gasteiger partial charge in [-0.05, 0) is 36.7 Å². The SMILES string of the molecule is CC(C(=O)NCc1cccc(NC(=O)N(C)C)c1)C1CNC1. The smallest absolute Gasteiger partial charge is 0.321 e. The number of carbonyl (C=O) groups is 2. The van der Waals surface area contributed by atoms with E-state index < -0.39 is 0 Å². The van der Waals surface area contributed by atoms with Crippen LogP contribution < -0.4 is 16.0 Å². The van der Waals surface area contributed by atoms with Gasteiger partial charge in [0.1, 0.15) is 0 Å². The summed E-state index contributed by atoms with van der Waals surface area (Å²) in [5.41, 5.74) is 1.69. The Balaban J connectivity index is 1.87. The molecule has 1 saturated heterocycles. The van der Waals surface area contributed by atoms with Gasteiger partial charge < -0.3 is 20.9 Å². The first-order chi connectivity index (χ1) is 10.5. The normalized spacial score (nSPS) is 15.6. The van der Waals surface area contributed by atoms with Crippen LogP contribution in [0.2, 0.25) is 0 Å². The molecular weight excluding hydrogens is 280 g/mol. The van der Waals surface area contributed by atoms with Crippen molar-refractivity contribution in [3.05, 3.63) is 29.8 Å². The molecule has 2 rings (SSSR count). The molecule has 1 aliphatic rings. The summed E-state index contributed by atoms with van der Waals surface area (Å²) in [6.07, 6.45) is 0. The number of anilines is 1. The molecule has 0 aromatic heterocycles. The van der Waals surface area contributed by atoms with Gasteiger partial charge in [0.25, 0.3) is 0 Å². The van der Waals surface area contributed by atoms with E-state index in [1.54, 1.807) is 14.1 Å². The number of hydrogen-bond acceptors (Lipinski definition) is 3. The van der Waals surface area contributed by atoms with Crippen molar-refractivity contribution >= 4 is 17.6 Å². The van der Waals surface area contributed by atoms with Crippen LogP contribution in [0, 0.1) is 11.8 Å². The molecule has 0 radical (unpaired) electrons. The van der Waals surface area contributed by atoms with Crippen molar-refractivity contribution in [3.63, 3.8) is 0 Å². The molecule has 3 amide bonds. The van der Waals surface area contributed by atoms with E-state index >= 15 is 0 Å². The maximum atomic E-state index is 12.1. The van der Waals surface area contributed by atoms with Crippen LogP contribution in [0.5, 0.6) is 0 Å². The minimum absolute atomic E-state index is 0.0258. The Labute approximate surface area is 131 Å². The molecule has 1 aromatic rings. The average Bonchev–Trinajstić information content (AvgIpc) is 2.43. The third-order valence-corrected chi connectivity index (χ3v) is 3.98. The Morgan fingerprint density at radius 2 is 2.09 bits per heavy atom. The molecule has 1 atom stereocenters. The molecule has 1 aromatic carbocycles. The van der Waals surface area contributed by atoms with E-state index in [1.807, 2.05) is 31.2 Å². The maximum absolute atomic E-state index is 12.1. The van der Waals surface area contributed by atoms with Crippen molar-refractivity contribution < 1.29 is 9.59 Å². The van der Waals surface area contributed by atoms with Crippen molar-refractivity contribution in [1.82, 2.24) is 15.5 Å². The van der Waals surface area contributed by atoms with E-state index in [1.165, 1.54) is 4.90 Å². The number of benzene rings is 1. The highest BCUT2D eigenvalue weighted by molar-refractivity contribution is 5.89. The monoisotopic (exact) mass is 304 g/mol. The number of rotatable bonds is 5. The van der Waals surface area contributed by atoms with E-state index in [-0.39, 0.29) is 17.9 Å². The highest BCUT2D eigenvalue weighted by Gasteiger charge is 2.28. The fourth-order valence-corrected chi connectivity index (χ4v) is 2.22. The third-order valence-electron chi connectivity index (χ3n) is 3.98. The Kier molecular flexibility index (Phi) is 5.38. The van der Waals surface area contributed by atoms with Crippen molar-refractivity contribution in [2.75, 3.05) is 32.5 Å². The summed E-state index contributed by atoms with van der Waals surface area (Å²) in [6, 6.07) is 7.33. The fourth-order valence-electron chi connectivity index (χ4n) is 2.22. The number of urea groups is 1. The van der Waals surface area contributed by atoms with Gasteiger partial charge in [0.2, 0.25) is 5.91 Å². The molecule has 120 valence electrons. The first-order valence-electron chi connectivity index (χ1n) is 7.53. The molecule has 0 bridgehead atoms. The molecule has 22 heavy (non-hydrogen) atoms. The predicted molar refractivity (Wildman–Crippen MR) is 86.5 cm³/mol. The molecule has 6 heteroatoms. The van der Waals surface area contributed by atoms with Crippen molar-refractivity contribution in [2.45, 2.75) is 13.5 Å². The highest BCUT2D eigenvalue weighted by atomic mass is 16.2. The van der Waals surface area contributed by atoms with Gasteiger partial charge in [0.05, 0.1) is 0 Å². The summed E-state index contributed by atoms with van der Waals surface area (Å²) in [5, 5.41) is 8.94. The lowest BCUT2D eigenvalue weighted by Gasteiger charge is -2.31. The van der Waals surface area contributed by atoms with Crippen molar-refractivity contribution in [3.8, 4) is 0 Å². The standard InChI is InChI=1S/C16H24N4O2/c1-11(13-9-17-10-13)15(21)18-8-12-5-4-6-14(7-12)19-16(22)20(2)3/h4-7,11,13,17H,8-10H2,1-3H3,(H,18,21)(H,19,22). The van der Waals surface area contributed by atoms with Crippen LogP contribution in [0.3, 0.4) is 0 Å². The van der Waals surface area contributed by atoms with Crippen LogP contribution >= 0.6 is 0 Å². The second-order valence-corrected chi connectivity index (χ2v) is 5.95. The van der Waals surface area contributed by atoms with Gasteiger partial charge in [-0.2, -0.15) is 0 Å². The van der Waals surface area contributed by atoms with Crippen LogP contribution in [0.15, 0.2) is 24.3 Å². The van der Waals surface area contributed by atoms with Gasteiger partial charge in [-0.15, -0.1) is 0 Å². The molecule has 1 unspecified atom stereocenters. The van der Waals surface area contributed by atoms with E-state index in [0.717, 1.165) is 24.3 Å². The van der Waals surface area contributed by atoms with Crippen LogP contribution in [0.1, 0.15) is 12.5 Å². The summed E-state index contributed by atoms with van der Waals surface area (Å²) in [6.45, 7) is 4.27. The van der Waals surface area contributed by atoms with Gasteiger partial charge in [-0.25, -0.2) is 4.79 Å². The van der Waals surface area contributed by atoms with Crippen LogP contribution in [0.25, 0.3) is 0 Å². The van der Waals surface area contributed by atoms with Crippen LogP contribution in [-0.2, 0) is 11.3 Å². The summed E-state index contributed by atoms with van der Waals surface area (Å²) in [4.78, 5) is 25.2. The lowest BCUT2D eigenvalue weighted by Crippen LogP contribution is -2.49. The second-order valence-electron chi connectivity index (χ2n) is 5.95.